The van der Waals surface area contributed by atoms with Crippen LogP contribution in [0.3, 0.4) is 0 Å². The lowest BCUT2D eigenvalue weighted by Gasteiger charge is -2.36. The van der Waals surface area contributed by atoms with Gasteiger partial charge in [0, 0.05) is 18.2 Å². The number of anilines is 1. The number of sulfonamides is 1. The fourth-order valence-electron chi connectivity index (χ4n) is 5.61. The Labute approximate surface area is 225 Å². The van der Waals surface area contributed by atoms with Crippen molar-refractivity contribution >= 4 is 21.7 Å². The number of nitrogens with zero attached hydrogens (tertiary/aromatic N) is 2. The molecule has 0 spiro atoms. The Kier molecular flexibility index (Phi) is 7.54. The highest BCUT2D eigenvalue weighted by atomic mass is 32.2. The van der Waals surface area contributed by atoms with Crippen LogP contribution in [0.1, 0.15) is 50.5 Å². The molecule has 0 unspecified atom stereocenters. The largest absolute Gasteiger partial charge is 0.497 e. The van der Waals surface area contributed by atoms with E-state index in [0.717, 1.165) is 55.4 Å². The van der Waals surface area contributed by atoms with E-state index in [4.69, 9.17) is 11.7 Å². The van der Waals surface area contributed by atoms with Gasteiger partial charge in [0.25, 0.3) is 0 Å². The molecule has 2 radical (unpaired) electrons. The highest BCUT2D eigenvalue weighted by molar-refractivity contribution is 7.89. The molecule has 38 heavy (non-hydrogen) atoms. The number of carbonyl (C=O) groups is 1. The van der Waals surface area contributed by atoms with Crippen LogP contribution in [0.5, 0.6) is 5.75 Å². The summed E-state index contributed by atoms with van der Waals surface area (Å²) in [6.45, 7) is 6.43. The average Bonchev–Trinajstić information content (AvgIpc) is 3.40. The summed E-state index contributed by atoms with van der Waals surface area (Å²) in [6.07, 6.45) is 6.09. The first kappa shape index (κ1) is 26.4. The second kappa shape index (κ2) is 10.9. The Morgan fingerprint density at radius 1 is 1.00 bits per heavy atom. The zero-order chi connectivity index (χ0) is 26.8. The third-order valence-electron chi connectivity index (χ3n) is 7.78. The molecular weight excluding hydrogens is 498 g/mol. The summed E-state index contributed by atoms with van der Waals surface area (Å²) < 4.78 is 32.6. The number of rotatable bonds is 7. The molecule has 1 amide bonds. The first-order valence-corrected chi connectivity index (χ1v) is 14.6. The molecule has 1 saturated carbocycles. The van der Waals surface area contributed by atoms with Crippen molar-refractivity contribution in [3.8, 4) is 17.0 Å². The maximum absolute atomic E-state index is 13.7. The van der Waals surface area contributed by atoms with Crippen LogP contribution in [-0.4, -0.2) is 43.3 Å². The number of hydrogen-bond donors (Lipinski definition) is 1. The summed E-state index contributed by atoms with van der Waals surface area (Å²) >= 11 is 0. The number of nitrogens with one attached hydrogen (secondary N) is 1. The lowest BCUT2D eigenvalue weighted by molar-refractivity contribution is -0.122. The van der Waals surface area contributed by atoms with Gasteiger partial charge in [-0.1, -0.05) is 49.6 Å². The van der Waals surface area contributed by atoms with Gasteiger partial charge in [-0.3, -0.25) is 4.79 Å². The zero-order valence-electron chi connectivity index (χ0n) is 21.6. The van der Waals surface area contributed by atoms with Crippen LogP contribution in [0.2, 0.25) is 0 Å². The molecule has 2 aromatic carbocycles. The predicted molar refractivity (Wildman–Crippen MR) is 147 cm³/mol. The molecule has 1 aliphatic heterocycles. The predicted octanol–water partition coefficient (Wildman–Crippen LogP) is 5.46. The van der Waals surface area contributed by atoms with Crippen molar-refractivity contribution in [2.75, 3.05) is 19.0 Å². The van der Waals surface area contributed by atoms with Gasteiger partial charge >= 0.3 is 0 Å². The fraction of sp³-hybridized carbons (Fsp3) is 0.367. The molecule has 1 aliphatic carbocycles. The lowest BCUT2D eigenvalue weighted by Crippen LogP contribution is -2.42. The number of benzene rings is 2. The molecule has 0 bridgehead atoms. The molecule has 198 valence electrons. The number of pyridine rings is 1. The highest BCUT2D eigenvalue weighted by Gasteiger charge is 2.41. The van der Waals surface area contributed by atoms with Crippen molar-refractivity contribution in [3.63, 3.8) is 0 Å². The van der Waals surface area contributed by atoms with E-state index in [2.05, 4.69) is 10.3 Å². The Morgan fingerprint density at radius 2 is 1.71 bits per heavy atom. The van der Waals surface area contributed by atoms with E-state index in [0.29, 0.717) is 24.5 Å². The standard InChI is InChI=1S/C30H33N3O4S/c1-22-8-7-21-33(22)38(35,36)26-17-11-23(12-18-26)27-9-6-10-28(31-27)32-29(34)30(19-4-3-5-20-30)24-13-15-25(37-2)16-14-24/h1,6,9-18,22H,3-5,7-8,19-21H2,2H3,(H,31,32,34)/t22-/m0/s1. The molecule has 5 rings (SSSR count). The SMILES string of the molecule is [CH][C@H]1CCCN1S(=O)(=O)c1ccc(-c2cccc(NC(=O)C3(c4ccc(OC)cc4)CCCCC3)n2)cc1. The number of amides is 1. The van der Waals surface area contributed by atoms with Gasteiger partial charge in [0.2, 0.25) is 15.9 Å². The minimum atomic E-state index is -3.64. The third kappa shape index (κ3) is 5.07. The van der Waals surface area contributed by atoms with Gasteiger partial charge in [0.15, 0.2) is 0 Å². The molecule has 1 N–H and O–H groups in total. The van der Waals surface area contributed by atoms with Gasteiger partial charge in [0.05, 0.1) is 23.1 Å². The van der Waals surface area contributed by atoms with E-state index in [9.17, 15) is 13.2 Å². The molecule has 1 saturated heterocycles. The van der Waals surface area contributed by atoms with E-state index >= 15 is 0 Å². The van der Waals surface area contributed by atoms with Crippen molar-refractivity contribution in [3.05, 3.63) is 79.2 Å². The second-order valence-electron chi connectivity index (χ2n) is 10.1. The van der Waals surface area contributed by atoms with Crippen molar-refractivity contribution in [1.82, 2.24) is 9.29 Å². The Balaban J connectivity index is 1.36. The molecule has 2 heterocycles. The number of methoxy groups -OCH3 is 1. The maximum Gasteiger partial charge on any atom is 0.243 e. The number of aromatic nitrogens is 1. The van der Waals surface area contributed by atoms with Crippen LogP contribution in [0.15, 0.2) is 71.6 Å². The van der Waals surface area contributed by atoms with Crippen LogP contribution in [0.4, 0.5) is 5.82 Å². The van der Waals surface area contributed by atoms with E-state index in [-0.39, 0.29) is 10.8 Å². The number of hydrogen-bond acceptors (Lipinski definition) is 5. The molecular formula is C30H33N3O4S. The summed E-state index contributed by atoms with van der Waals surface area (Å²) in [7, 11) is -2.01. The number of carbonyl (C=O) groups excluding carboxylic acids is 1. The summed E-state index contributed by atoms with van der Waals surface area (Å²) in [5.74, 6) is 1.16. The lowest BCUT2D eigenvalue weighted by atomic mass is 9.68. The monoisotopic (exact) mass is 531 g/mol. The van der Waals surface area contributed by atoms with Gasteiger partial charge in [-0.25, -0.2) is 13.4 Å². The van der Waals surface area contributed by atoms with Crippen LogP contribution >= 0.6 is 0 Å². The van der Waals surface area contributed by atoms with E-state index in [1.807, 2.05) is 36.4 Å². The van der Waals surface area contributed by atoms with Gasteiger partial charge in [-0.2, -0.15) is 4.31 Å². The summed E-state index contributed by atoms with van der Waals surface area (Å²) in [6, 6.07) is 19.4. The van der Waals surface area contributed by atoms with Crippen LogP contribution in [0, 0.1) is 6.92 Å². The first-order valence-electron chi connectivity index (χ1n) is 13.1. The minimum absolute atomic E-state index is 0.0598. The summed E-state index contributed by atoms with van der Waals surface area (Å²) in [4.78, 5) is 18.6. The summed E-state index contributed by atoms with van der Waals surface area (Å²) in [5.41, 5.74) is 1.77. The normalized spacial score (nSPS) is 19.7. The van der Waals surface area contributed by atoms with Crippen LogP contribution < -0.4 is 10.1 Å². The fourth-order valence-corrected chi connectivity index (χ4v) is 7.19. The molecule has 8 heteroatoms. The minimum Gasteiger partial charge on any atom is -0.497 e. The van der Waals surface area contributed by atoms with Crippen molar-refractivity contribution in [2.45, 2.75) is 61.3 Å². The van der Waals surface area contributed by atoms with Crippen LogP contribution in [-0.2, 0) is 20.2 Å². The molecule has 2 fully saturated rings. The molecule has 3 aromatic rings. The summed E-state index contributed by atoms with van der Waals surface area (Å²) in [5, 5.41) is 3.07. The highest BCUT2D eigenvalue weighted by Crippen LogP contribution is 2.41. The zero-order valence-corrected chi connectivity index (χ0v) is 22.4. The molecule has 1 atom stereocenters. The number of ether oxygens (including phenoxy) is 1. The molecule has 2 aliphatic rings. The Hall–Kier alpha value is -3.23. The maximum atomic E-state index is 13.7. The van der Waals surface area contributed by atoms with E-state index < -0.39 is 21.5 Å². The Morgan fingerprint density at radius 3 is 2.34 bits per heavy atom. The van der Waals surface area contributed by atoms with Gasteiger partial charge in [-0.15, -0.1) is 0 Å². The van der Waals surface area contributed by atoms with Crippen molar-refractivity contribution in [2.24, 2.45) is 0 Å². The second-order valence-corrected chi connectivity index (χ2v) is 12.0. The third-order valence-corrected chi connectivity index (χ3v) is 9.72. The van der Waals surface area contributed by atoms with Gasteiger partial charge in [-0.05, 0) is 74.6 Å². The first-order chi connectivity index (χ1) is 18.3. The van der Waals surface area contributed by atoms with E-state index in [1.165, 1.54) is 4.31 Å². The van der Waals surface area contributed by atoms with Crippen molar-refractivity contribution in [1.29, 1.82) is 0 Å². The topological polar surface area (TPSA) is 88.6 Å². The average molecular weight is 532 g/mol. The van der Waals surface area contributed by atoms with Crippen LogP contribution in [0.25, 0.3) is 11.3 Å². The molecule has 7 nitrogen and oxygen atoms in total. The van der Waals surface area contributed by atoms with Gasteiger partial charge in [0.1, 0.15) is 11.6 Å². The Bertz CT molecular complexity index is 1380. The smallest absolute Gasteiger partial charge is 0.243 e. The van der Waals surface area contributed by atoms with Gasteiger partial charge < -0.3 is 10.1 Å². The van der Waals surface area contributed by atoms with E-state index in [1.54, 1.807) is 37.4 Å². The quantitative estimate of drug-likeness (QED) is 0.437. The molecule has 1 aromatic heterocycles. The van der Waals surface area contributed by atoms with Crippen molar-refractivity contribution < 1.29 is 17.9 Å².